The number of benzene rings is 1. The predicted molar refractivity (Wildman–Crippen MR) is 63.2 cm³/mol. The number of rotatable bonds is 3. The van der Waals surface area contributed by atoms with Crippen LogP contribution < -0.4 is 5.32 Å². The minimum absolute atomic E-state index is 0.777. The van der Waals surface area contributed by atoms with Crippen molar-refractivity contribution in [3.63, 3.8) is 0 Å². The number of anilines is 1. The number of hydrogen-bond acceptors (Lipinski definition) is 2. The topological polar surface area (TPSA) is 21.3 Å². The van der Waals surface area contributed by atoms with Crippen LogP contribution in [-0.4, -0.2) is 19.8 Å². The standard InChI is InChI=1S/C13H19NO/c1-11-3-2-4-13(9-11)14-10-12-5-7-15-8-6-12/h2-4,9,12,14H,5-8,10H2,1H3. The first-order valence-corrected chi connectivity index (χ1v) is 5.73. The predicted octanol–water partition coefficient (Wildman–Crippen LogP) is 2.83. The highest BCUT2D eigenvalue weighted by molar-refractivity contribution is 5.45. The van der Waals surface area contributed by atoms with Crippen LogP contribution in [0.1, 0.15) is 18.4 Å². The number of hydrogen-bond donors (Lipinski definition) is 1. The molecule has 1 saturated heterocycles. The number of aryl methyl sites for hydroxylation is 1. The molecular weight excluding hydrogens is 186 g/mol. The Balaban J connectivity index is 1.81. The van der Waals surface area contributed by atoms with E-state index in [1.54, 1.807) is 0 Å². The fourth-order valence-corrected chi connectivity index (χ4v) is 1.97. The van der Waals surface area contributed by atoms with Gasteiger partial charge in [-0.25, -0.2) is 0 Å². The minimum Gasteiger partial charge on any atom is -0.385 e. The van der Waals surface area contributed by atoms with Crippen LogP contribution in [0.25, 0.3) is 0 Å². The molecule has 1 N–H and O–H groups in total. The second kappa shape index (κ2) is 5.17. The second-order valence-electron chi connectivity index (χ2n) is 4.31. The van der Waals surface area contributed by atoms with Crippen molar-refractivity contribution in [2.75, 3.05) is 25.1 Å². The summed E-state index contributed by atoms with van der Waals surface area (Å²) in [6.45, 7) is 5.06. The Labute approximate surface area is 91.6 Å². The van der Waals surface area contributed by atoms with Gasteiger partial charge in [-0.3, -0.25) is 0 Å². The molecule has 2 heteroatoms. The summed E-state index contributed by atoms with van der Waals surface area (Å²) in [7, 11) is 0. The molecule has 0 atom stereocenters. The molecule has 0 unspecified atom stereocenters. The maximum atomic E-state index is 5.34. The summed E-state index contributed by atoms with van der Waals surface area (Å²) in [5.74, 6) is 0.777. The van der Waals surface area contributed by atoms with Gasteiger partial charge in [0.2, 0.25) is 0 Å². The van der Waals surface area contributed by atoms with Crippen molar-refractivity contribution in [3.05, 3.63) is 29.8 Å². The lowest BCUT2D eigenvalue weighted by Crippen LogP contribution is -2.22. The van der Waals surface area contributed by atoms with Gasteiger partial charge in [0.15, 0.2) is 0 Å². The molecule has 15 heavy (non-hydrogen) atoms. The lowest BCUT2D eigenvalue weighted by molar-refractivity contribution is 0.0699. The van der Waals surface area contributed by atoms with Gasteiger partial charge in [-0.05, 0) is 43.4 Å². The van der Waals surface area contributed by atoms with E-state index in [2.05, 4.69) is 36.5 Å². The Kier molecular flexibility index (Phi) is 3.62. The number of nitrogens with one attached hydrogen (secondary N) is 1. The monoisotopic (exact) mass is 205 g/mol. The highest BCUT2D eigenvalue weighted by Crippen LogP contribution is 2.16. The first-order valence-electron chi connectivity index (χ1n) is 5.73. The molecule has 1 fully saturated rings. The molecule has 0 radical (unpaired) electrons. The fourth-order valence-electron chi connectivity index (χ4n) is 1.97. The fraction of sp³-hybridized carbons (Fsp3) is 0.538. The van der Waals surface area contributed by atoms with E-state index in [4.69, 9.17) is 4.74 Å². The first-order chi connectivity index (χ1) is 7.34. The van der Waals surface area contributed by atoms with Crippen molar-refractivity contribution in [2.24, 2.45) is 5.92 Å². The van der Waals surface area contributed by atoms with Crippen LogP contribution in [0.3, 0.4) is 0 Å². The molecule has 1 aliphatic rings. The van der Waals surface area contributed by atoms with E-state index in [1.807, 2.05) is 0 Å². The average Bonchev–Trinajstić information content (AvgIpc) is 2.28. The van der Waals surface area contributed by atoms with Gasteiger partial charge in [0, 0.05) is 25.4 Å². The Morgan fingerprint density at radius 1 is 1.33 bits per heavy atom. The minimum atomic E-state index is 0.777. The molecule has 2 rings (SSSR count). The molecule has 82 valence electrons. The molecule has 0 saturated carbocycles. The van der Waals surface area contributed by atoms with E-state index in [0.717, 1.165) is 25.7 Å². The highest BCUT2D eigenvalue weighted by atomic mass is 16.5. The highest BCUT2D eigenvalue weighted by Gasteiger charge is 2.12. The Bertz CT molecular complexity index is 305. The molecule has 0 amide bonds. The van der Waals surface area contributed by atoms with E-state index in [1.165, 1.54) is 24.1 Å². The summed E-state index contributed by atoms with van der Waals surface area (Å²) in [6.07, 6.45) is 2.39. The van der Waals surface area contributed by atoms with Crippen molar-refractivity contribution in [2.45, 2.75) is 19.8 Å². The number of ether oxygens (including phenoxy) is 1. The van der Waals surface area contributed by atoms with Gasteiger partial charge < -0.3 is 10.1 Å². The van der Waals surface area contributed by atoms with Crippen molar-refractivity contribution < 1.29 is 4.74 Å². The van der Waals surface area contributed by atoms with Crippen LogP contribution in [0, 0.1) is 12.8 Å². The average molecular weight is 205 g/mol. The van der Waals surface area contributed by atoms with Gasteiger partial charge in [0.1, 0.15) is 0 Å². The maximum Gasteiger partial charge on any atom is 0.0469 e. The lowest BCUT2D eigenvalue weighted by Gasteiger charge is -2.22. The normalized spacial score (nSPS) is 17.7. The molecule has 1 aromatic rings. The Morgan fingerprint density at radius 3 is 2.87 bits per heavy atom. The van der Waals surface area contributed by atoms with Crippen LogP contribution in [0.5, 0.6) is 0 Å². The molecule has 0 aromatic heterocycles. The van der Waals surface area contributed by atoms with Crippen molar-refractivity contribution in [3.8, 4) is 0 Å². The molecule has 0 aliphatic carbocycles. The molecular formula is C13H19NO. The summed E-state index contributed by atoms with van der Waals surface area (Å²) in [6, 6.07) is 8.55. The van der Waals surface area contributed by atoms with Crippen molar-refractivity contribution >= 4 is 5.69 Å². The van der Waals surface area contributed by atoms with Gasteiger partial charge in [-0.15, -0.1) is 0 Å². The molecule has 1 aromatic carbocycles. The summed E-state index contributed by atoms with van der Waals surface area (Å²) in [5.41, 5.74) is 2.55. The smallest absolute Gasteiger partial charge is 0.0469 e. The van der Waals surface area contributed by atoms with Gasteiger partial charge >= 0.3 is 0 Å². The SMILES string of the molecule is Cc1cccc(NCC2CCOCC2)c1. The largest absolute Gasteiger partial charge is 0.385 e. The molecule has 1 heterocycles. The van der Waals surface area contributed by atoms with Gasteiger partial charge in [-0.1, -0.05) is 12.1 Å². The molecule has 1 aliphatic heterocycles. The lowest BCUT2D eigenvalue weighted by atomic mass is 10.0. The Hall–Kier alpha value is -1.02. The summed E-state index contributed by atoms with van der Waals surface area (Å²) < 4.78 is 5.34. The second-order valence-corrected chi connectivity index (χ2v) is 4.31. The van der Waals surface area contributed by atoms with Crippen LogP contribution in [0.2, 0.25) is 0 Å². The van der Waals surface area contributed by atoms with E-state index in [9.17, 15) is 0 Å². The zero-order valence-electron chi connectivity index (χ0n) is 9.33. The van der Waals surface area contributed by atoms with Crippen LogP contribution in [0.4, 0.5) is 5.69 Å². The maximum absolute atomic E-state index is 5.34. The van der Waals surface area contributed by atoms with Crippen molar-refractivity contribution in [1.29, 1.82) is 0 Å². The van der Waals surface area contributed by atoms with E-state index < -0.39 is 0 Å². The third-order valence-electron chi connectivity index (χ3n) is 2.95. The quantitative estimate of drug-likeness (QED) is 0.819. The van der Waals surface area contributed by atoms with E-state index in [-0.39, 0.29) is 0 Å². The van der Waals surface area contributed by atoms with Crippen LogP contribution in [0.15, 0.2) is 24.3 Å². The van der Waals surface area contributed by atoms with E-state index >= 15 is 0 Å². The van der Waals surface area contributed by atoms with Crippen molar-refractivity contribution in [1.82, 2.24) is 0 Å². The van der Waals surface area contributed by atoms with Gasteiger partial charge in [0.05, 0.1) is 0 Å². The summed E-state index contributed by atoms with van der Waals surface area (Å²) >= 11 is 0. The zero-order chi connectivity index (χ0) is 10.5. The first kappa shape index (κ1) is 10.5. The summed E-state index contributed by atoms with van der Waals surface area (Å²) in [4.78, 5) is 0. The Morgan fingerprint density at radius 2 is 2.13 bits per heavy atom. The zero-order valence-corrected chi connectivity index (χ0v) is 9.33. The molecule has 2 nitrogen and oxygen atoms in total. The van der Waals surface area contributed by atoms with Crippen LogP contribution in [-0.2, 0) is 4.74 Å². The van der Waals surface area contributed by atoms with Gasteiger partial charge in [0.25, 0.3) is 0 Å². The van der Waals surface area contributed by atoms with E-state index in [0.29, 0.717) is 0 Å². The third kappa shape index (κ3) is 3.24. The molecule has 0 bridgehead atoms. The third-order valence-corrected chi connectivity index (χ3v) is 2.95. The molecule has 0 spiro atoms. The summed E-state index contributed by atoms with van der Waals surface area (Å²) in [5, 5.41) is 3.50. The van der Waals surface area contributed by atoms with Gasteiger partial charge in [-0.2, -0.15) is 0 Å². The van der Waals surface area contributed by atoms with Crippen LogP contribution >= 0.6 is 0 Å².